The third kappa shape index (κ3) is 2.90. The Labute approximate surface area is 116 Å². The highest BCUT2D eigenvalue weighted by Crippen LogP contribution is 2.23. The summed E-state index contributed by atoms with van der Waals surface area (Å²) >= 11 is -1.19. The number of rotatable bonds is 4. The van der Waals surface area contributed by atoms with Gasteiger partial charge in [0.2, 0.25) is 0 Å². The largest absolute Gasteiger partial charge is 0.609 e. The Bertz CT molecular complexity index is 568. The third-order valence-electron chi connectivity index (χ3n) is 3.02. The molecule has 1 heterocycles. The Morgan fingerprint density at radius 1 is 1.26 bits per heavy atom. The molecule has 1 aromatic heterocycles. The predicted octanol–water partition coefficient (Wildman–Crippen LogP) is 1.50. The van der Waals surface area contributed by atoms with Gasteiger partial charge < -0.3 is 9.45 Å². The molecule has 1 aromatic carbocycles. The molecule has 1 atom stereocenters. The monoisotopic (exact) mass is 278 g/mol. The second-order valence-corrected chi connectivity index (χ2v) is 5.95. The Morgan fingerprint density at radius 2 is 1.95 bits per heavy atom. The summed E-state index contributed by atoms with van der Waals surface area (Å²) in [5, 5.41) is 8.45. The summed E-state index contributed by atoms with van der Waals surface area (Å²) in [4.78, 5) is 2.02. The number of aryl methyl sites for hydroxylation is 1. The van der Waals surface area contributed by atoms with Gasteiger partial charge in [-0.15, -0.1) is 5.10 Å². The summed E-state index contributed by atoms with van der Waals surface area (Å²) in [7, 11) is 5.79. The van der Waals surface area contributed by atoms with Crippen LogP contribution >= 0.6 is 0 Å². The molecular weight excluding hydrogens is 260 g/mol. The minimum atomic E-state index is -1.19. The van der Waals surface area contributed by atoms with Crippen LogP contribution in [0.1, 0.15) is 11.4 Å². The van der Waals surface area contributed by atoms with Crippen LogP contribution in [0.3, 0.4) is 0 Å². The van der Waals surface area contributed by atoms with Gasteiger partial charge in [0, 0.05) is 43.6 Å². The molecule has 2 aromatic rings. The standard InChI is InChI=1S/C13H18N4OS/c1-10-14-15-13(17(10)4)19(18)9-11-7-5-6-8-12(11)16(2)3/h5-8H,9H2,1-4H3. The molecule has 0 bridgehead atoms. The topological polar surface area (TPSA) is 57.0 Å². The first-order valence-corrected chi connectivity index (χ1v) is 7.32. The van der Waals surface area contributed by atoms with Crippen LogP contribution in [0.25, 0.3) is 0 Å². The van der Waals surface area contributed by atoms with Crippen LogP contribution in [0.5, 0.6) is 0 Å². The molecule has 5 nitrogen and oxygen atoms in total. The second-order valence-electron chi connectivity index (χ2n) is 4.60. The fourth-order valence-electron chi connectivity index (χ4n) is 1.86. The van der Waals surface area contributed by atoms with Crippen molar-refractivity contribution >= 4 is 16.9 Å². The molecule has 102 valence electrons. The van der Waals surface area contributed by atoms with Crippen LogP contribution in [0.4, 0.5) is 5.69 Å². The summed E-state index contributed by atoms with van der Waals surface area (Å²) < 4.78 is 14.2. The van der Waals surface area contributed by atoms with E-state index in [4.69, 9.17) is 0 Å². The van der Waals surface area contributed by atoms with Gasteiger partial charge in [-0.3, -0.25) is 4.57 Å². The van der Waals surface area contributed by atoms with Gasteiger partial charge in [0.15, 0.2) is 0 Å². The third-order valence-corrected chi connectivity index (χ3v) is 4.35. The lowest BCUT2D eigenvalue weighted by Gasteiger charge is -2.17. The molecule has 2 rings (SSSR count). The molecule has 0 aliphatic rings. The molecule has 0 fully saturated rings. The highest BCUT2D eigenvalue weighted by atomic mass is 32.2. The molecular formula is C13H18N4OS. The van der Waals surface area contributed by atoms with Crippen molar-refractivity contribution in [3.05, 3.63) is 35.7 Å². The fourth-order valence-corrected chi connectivity index (χ4v) is 3.09. The molecule has 0 saturated heterocycles. The average molecular weight is 278 g/mol. The maximum atomic E-state index is 12.4. The van der Waals surface area contributed by atoms with Crippen LogP contribution in [0.2, 0.25) is 0 Å². The van der Waals surface area contributed by atoms with Gasteiger partial charge in [-0.05, 0) is 13.0 Å². The Kier molecular flexibility index (Phi) is 4.11. The van der Waals surface area contributed by atoms with Crippen LogP contribution in [-0.2, 0) is 24.0 Å². The molecule has 19 heavy (non-hydrogen) atoms. The van der Waals surface area contributed by atoms with E-state index < -0.39 is 11.2 Å². The number of aromatic nitrogens is 3. The van der Waals surface area contributed by atoms with Gasteiger partial charge in [0.05, 0.1) is 0 Å². The van der Waals surface area contributed by atoms with Crippen molar-refractivity contribution in [2.75, 3.05) is 19.0 Å². The zero-order valence-electron chi connectivity index (χ0n) is 11.6. The van der Waals surface area contributed by atoms with Gasteiger partial charge in [0.1, 0.15) is 11.6 Å². The molecule has 0 aliphatic carbocycles. The zero-order valence-corrected chi connectivity index (χ0v) is 12.4. The van der Waals surface area contributed by atoms with Gasteiger partial charge in [-0.25, -0.2) is 0 Å². The van der Waals surface area contributed by atoms with Crippen LogP contribution < -0.4 is 4.90 Å². The van der Waals surface area contributed by atoms with E-state index in [0.717, 1.165) is 17.1 Å². The summed E-state index contributed by atoms with van der Waals surface area (Å²) in [6.45, 7) is 1.85. The quantitative estimate of drug-likeness (QED) is 0.795. The fraction of sp³-hybridized carbons (Fsp3) is 0.385. The van der Waals surface area contributed by atoms with E-state index in [-0.39, 0.29) is 0 Å². The van der Waals surface area contributed by atoms with Crippen LogP contribution in [-0.4, -0.2) is 33.4 Å². The van der Waals surface area contributed by atoms with Crippen molar-refractivity contribution in [1.29, 1.82) is 0 Å². The van der Waals surface area contributed by atoms with E-state index in [1.807, 2.05) is 57.2 Å². The van der Waals surface area contributed by atoms with Crippen molar-refractivity contribution in [3.63, 3.8) is 0 Å². The van der Waals surface area contributed by atoms with Gasteiger partial charge >= 0.3 is 5.16 Å². The Hall–Kier alpha value is -1.53. The van der Waals surface area contributed by atoms with E-state index in [0.29, 0.717) is 10.9 Å². The summed E-state index contributed by atoms with van der Waals surface area (Å²) in [5.41, 5.74) is 2.13. The van der Waals surface area contributed by atoms with Crippen molar-refractivity contribution in [2.45, 2.75) is 17.8 Å². The maximum absolute atomic E-state index is 12.4. The number of hydrogen-bond acceptors (Lipinski definition) is 4. The van der Waals surface area contributed by atoms with Crippen molar-refractivity contribution in [1.82, 2.24) is 14.8 Å². The summed E-state index contributed by atoms with van der Waals surface area (Å²) in [5.74, 6) is 1.21. The first-order chi connectivity index (χ1) is 9.00. The van der Waals surface area contributed by atoms with Crippen molar-refractivity contribution in [2.24, 2.45) is 7.05 Å². The molecule has 0 radical (unpaired) electrons. The van der Waals surface area contributed by atoms with E-state index in [1.165, 1.54) is 0 Å². The average Bonchev–Trinajstić information content (AvgIpc) is 2.70. The minimum Gasteiger partial charge on any atom is -0.609 e. The second kappa shape index (κ2) is 5.63. The first-order valence-electron chi connectivity index (χ1n) is 6.00. The molecule has 6 heteroatoms. The number of hydrogen-bond donors (Lipinski definition) is 0. The smallest absolute Gasteiger partial charge is 0.343 e. The van der Waals surface area contributed by atoms with Gasteiger partial charge in [-0.2, -0.15) is 0 Å². The SMILES string of the molecule is Cc1nnc([S+]([O-])Cc2ccccc2N(C)C)n1C. The van der Waals surface area contributed by atoms with E-state index in [9.17, 15) is 4.55 Å². The summed E-state index contributed by atoms with van der Waals surface area (Å²) in [6.07, 6.45) is 0. The first kappa shape index (κ1) is 13.9. The number of para-hydroxylation sites is 1. The van der Waals surface area contributed by atoms with Crippen LogP contribution in [0.15, 0.2) is 29.4 Å². The molecule has 0 saturated carbocycles. The molecule has 0 aliphatic heterocycles. The molecule has 1 unspecified atom stereocenters. The van der Waals surface area contributed by atoms with E-state index in [1.54, 1.807) is 4.57 Å². The normalized spacial score (nSPS) is 12.5. The molecule has 0 N–H and O–H groups in total. The predicted molar refractivity (Wildman–Crippen MR) is 76.6 cm³/mol. The number of nitrogens with zero attached hydrogens (tertiary/aromatic N) is 4. The van der Waals surface area contributed by atoms with E-state index >= 15 is 0 Å². The van der Waals surface area contributed by atoms with Crippen molar-refractivity contribution < 1.29 is 4.55 Å². The zero-order chi connectivity index (χ0) is 14.0. The minimum absolute atomic E-state index is 0.445. The molecule has 0 amide bonds. The van der Waals surface area contributed by atoms with E-state index in [2.05, 4.69) is 10.2 Å². The van der Waals surface area contributed by atoms with Crippen LogP contribution in [0, 0.1) is 6.92 Å². The maximum Gasteiger partial charge on any atom is 0.343 e. The Balaban J connectivity index is 2.24. The number of anilines is 1. The lowest BCUT2D eigenvalue weighted by molar-refractivity contribution is 0.575. The lowest BCUT2D eigenvalue weighted by atomic mass is 10.2. The van der Waals surface area contributed by atoms with Crippen molar-refractivity contribution in [3.8, 4) is 0 Å². The lowest BCUT2D eigenvalue weighted by Crippen LogP contribution is -2.16. The highest BCUT2D eigenvalue weighted by molar-refractivity contribution is 7.90. The highest BCUT2D eigenvalue weighted by Gasteiger charge is 2.21. The Morgan fingerprint density at radius 3 is 2.53 bits per heavy atom. The van der Waals surface area contributed by atoms with Gasteiger partial charge in [-0.1, -0.05) is 23.3 Å². The molecule has 0 spiro atoms. The summed E-state index contributed by atoms with van der Waals surface area (Å²) in [6, 6.07) is 7.96. The van der Waals surface area contributed by atoms with Gasteiger partial charge in [0.25, 0.3) is 0 Å². The number of benzene rings is 1.